The highest BCUT2D eigenvalue weighted by molar-refractivity contribution is 8.18. The minimum atomic E-state index is -0.387. The third-order valence-electron chi connectivity index (χ3n) is 6.99. The topological polar surface area (TPSA) is 113 Å². The number of amides is 3. The van der Waals surface area contributed by atoms with Crippen LogP contribution in [0.2, 0.25) is 0 Å². The lowest BCUT2D eigenvalue weighted by molar-refractivity contribution is -0.131. The molecule has 2 fully saturated rings. The van der Waals surface area contributed by atoms with Crippen LogP contribution in [-0.2, 0) is 14.4 Å². The Hall–Kier alpha value is -4.31. The summed E-state index contributed by atoms with van der Waals surface area (Å²) in [6, 6.07) is 11.7. The van der Waals surface area contributed by atoms with E-state index in [1.807, 2.05) is 47.5 Å². The number of carbonyl (C=O) groups is 4. The van der Waals surface area contributed by atoms with Gasteiger partial charge in [0, 0.05) is 62.4 Å². The quantitative estimate of drug-likeness (QED) is 0.402. The Labute approximate surface area is 236 Å². The van der Waals surface area contributed by atoms with E-state index in [-0.39, 0.29) is 22.8 Å². The van der Waals surface area contributed by atoms with Gasteiger partial charge in [0.25, 0.3) is 11.1 Å². The summed E-state index contributed by atoms with van der Waals surface area (Å²) in [6.45, 7) is 7.96. The molecule has 2 aliphatic heterocycles. The molecule has 0 atom stereocenters. The number of aromatic nitrogens is 2. The molecule has 3 amide bonds. The first kappa shape index (κ1) is 27.3. The first-order valence-electron chi connectivity index (χ1n) is 13.1. The molecular formula is C30H29N5O4S. The van der Waals surface area contributed by atoms with Crippen molar-refractivity contribution in [1.82, 2.24) is 20.2 Å². The smallest absolute Gasteiger partial charge is 0.290 e. The number of anilines is 1. The molecule has 9 nitrogen and oxygen atoms in total. The Morgan fingerprint density at radius 3 is 2.52 bits per heavy atom. The Morgan fingerprint density at radius 1 is 1.05 bits per heavy atom. The van der Waals surface area contributed by atoms with Gasteiger partial charge in [-0.15, -0.1) is 0 Å². The maximum atomic E-state index is 12.6. The SMILES string of the molecule is C=C(C)C(=O)CCCC(=O)N1CCN(c2ccc(-c3ccnc4ccc(C=C5SC(=O)NC5=O)cc34)cn2)CC1. The normalized spacial score (nSPS) is 16.5. The summed E-state index contributed by atoms with van der Waals surface area (Å²) >= 11 is 0.891. The van der Waals surface area contributed by atoms with Gasteiger partial charge in [0.15, 0.2) is 5.78 Å². The molecule has 204 valence electrons. The largest absolute Gasteiger partial charge is 0.353 e. The van der Waals surface area contributed by atoms with E-state index in [1.54, 1.807) is 19.2 Å². The van der Waals surface area contributed by atoms with E-state index >= 15 is 0 Å². The lowest BCUT2D eigenvalue weighted by atomic mass is 10.0. The molecule has 2 saturated heterocycles. The molecule has 4 heterocycles. The van der Waals surface area contributed by atoms with Crippen molar-refractivity contribution in [1.29, 1.82) is 0 Å². The fraction of sp³-hybridized carbons (Fsp3) is 0.267. The number of hydrogen-bond donors (Lipinski definition) is 1. The summed E-state index contributed by atoms with van der Waals surface area (Å²) in [7, 11) is 0. The standard InChI is InChI=1S/C30H29N5O4S/c1-19(2)25(36)4-3-5-28(37)35-14-12-34(13-15-35)27-9-7-21(18-32-27)22-10-11-31-24-8-6-20(16-23(22)24)17-26-29(38)33-30(39)40-26/h6-11,16-18H,1,3-5,12-15H2,2H3,(H,33,38,39). The molecule has 0 unspecified atom stereocenters. The van der Waals surface area contributed by atoms with Gasteiger partial charge in [0.2, 0.25) is 5.91 Å². The van der Waals surface area contributed by atoms with E-state index in [1.165, 1.54) is 0 Å². The van der Waals surface area contributed by atoms with E-state index in [2.05, 4.69) is 21.8 Å². The van der Waals surface area contributed by atoms with E-state index < -0.39 is 0 Å². The van der Waals surface area contributed by atoms with Gasteiger partial charge in [-0.25, -0.2) is 4.98 Å². The molecule has 0 spiro atoms. The zero-order valence-corrected chi connectivity index (χ0v) is 23.0. The Balaban J connectivity index is 1.24. The molecule has 5 rings (SSSR count). The number of hydrogen-bond acceptors (Lipinski definition) is 8. The molecular weight excluding hydrogens is 526 g/mol. The monoisotopic (exact) mass is 555 g/mol. The van der Waals surface area contributed by atoms with Crippen LogP contribution in [0.5, 0.6) is 0 Å². The van der Waals surface area contributed by atoms with Gasteiger partial charge in [-0.1, -0.05) is 12.6 Å². The average molecular weight is 556 g/mol. The van der Waals surface area contributed by atoms with Crippen molar-refractivity contribution in [3.63, 3.8) is 0 Å². The minimum absolute atomic E-state index is 0.0135. The van der Waals surface area contributed by atoms with Crippen molar-refractivity contribution in [3.05, 3.63) is 71.4 Å². The number of piperazine rings is 1. The molecule has 1 aromatic carbocycles. The maximum absolute atomic E-state index is 12.6. The first-order chi connectivity index (χ1) is 19.3. The second-order valence-electron chi connectivity index (χ2n) is 9.82. The molecule has 0 bridgehead atoms. The van der Waals surface area contributed by atoms with Gasteiger partial charge in [0.1, 0.15) is 5.82 Å². The van der Waals surface area contributed by atoms with Crippen molar-refractivity contribution in [2.75, 3.05) is 31.1 Å². The molecule has 0 saturated carbocycles. The maximum Gasteiger partial charge on any atom is 0.290 e. The highest BCUT2D eigenvalue weighted by Gasteiger charge is 2.25. The van der Waals surface area contributed by atoms with Crippen molar-refractivity contribution in [2.24, 2.45) is 0 Å². The molecule has 0 aliphatic carbocycles. The third kappa shape index (κ3) is 6.12. The number of allylic oxidation sites excluding steroid dienone is 1. The predicted octanol–water partition coefficient (Wildman–Crippen LogP) is 4.58. The summed E-state index contributed by atoms with van der Waals surface area (Å²) in [5.74, 6) is 0.553. The van der Waals surface area contributed by atoms with Gasteiger partial charge in [-0.05, 0) is 78.2 Å². The number of imide groups is 1. The number of nitrogens with one attached hydrogen (secondary N) is 1. The Kier molecular flexibility index (Phi) is 8.06. The summed E-state index contributed by atoms with van der Waals surface area (Å²) in [6.07, 6.45) is 6.58. The van der Waals surface area contributed by atoms with Gasteiger partial charge in [-0.3, -0.25) is 29.5 Å². The molecule has 3 aromatic rings. The van der Waals surface area contributed by atoms with Crippen LogP contribution in [0.4, 0.5) is 10.6 Å². The number of rotatable bonds is 8. The fourth-order valence-corrected chi connectivity index (χ4v) is 5.45. The lowest BCUT2D eigenvalue weighted by Crippen LogP contribution is -2.49. The van der Waals surface area contributed by atoms with E-state index in [0.29, 0.717) is 55.9 Å². The zero-order valence-electron chi connectivity index (χ0n) is 22.2. The second-order valence-corrected chi connectivity index (χ2v) is 10.8. The zero-order chi connectivity index (χ0) is 28.2. The number of benzene rings is 1. The number of fused-ring (bicyclic) bond motifs is 1. The van der Waals surface area contributed by atoms with Crippen molar-refractivity contribution in [2.45, 2.75) is 26.2 Å². The molecule has 2 aromatic heterocycles. The van der Waals surface area contributed by atoms with Gasteiger partial charge in [-0.2, -0.15) is 0 Å². The molecule has 40 heavy (non-hydrogen) atoms. The molecule has 1 N–H and O–H groups in total. The summed E-state index contributed by atoms with van der Waals surface area (Å²) in [5.41, 5.74) is 4.04. The third-order valence-corrected chi connectivity index (χ3v) is 7.80. The Bertz CT molecular complexity index is 1540. The van der Waals surface area contributed by atoms with Crippen LogP contribution in [0.1, 0.15) is 31.7 Å². The summed E-state index contributed by atoms with van der Waals surface area (Å²) in [5, 5.41) is 2.82. The number of Topliss-reactive ketones (excluding diaryl/α,β-unsaturated/α-hetero) is 1. The van der Waals surface area contributed by atoms with Crippen molar-refractivity contribution < 1.29 is 19.2 Å². The van der Waals surface area contributed by atoms with Gasteiger partial charge >= 0.3 is 0 Å². The van der Waals surface area contributed by atoms with Crippen LogP contribution in [0, 0.1) is 0 Å². The lowest BCUT2D eigenvalue weighted by Gasteiger charge is -2.35. The number of nitrogens with zero attached hydrogens (tertiary/aromatic N) is 4. The number of carbonyl (C=O) groups excluding carboxylic acids is 4. The molecule has 2 aliphatic rings. The predicted molar refractivity (Wildman–Crippen MR) is 157 cm³/mol. The van der Waals surface area contributed by atoms with E-state index in [9.17, 15) is 19.2 Å². The fourth-order valence-electron chi connectivity index (χ4n) is 4.77. The van der Waals surface area contributed by atoms with Crippen LogP contribution in [0.25, 0.3) is 28.1 Å². The number of thioether (sulfide) groups is 1. The van der Waals surface area contributed by atoms with Crippen LogP contribution >= 0.6 is 11.8 Å². The highest BCUT2D eigenvalue weighted by Crippen LogP contribution is 2.31. The molecule has 10 heteroatoms. The Morgan fingerprint density at radius 2 is 1.85 bits per heavy atom. The van der Waals surface area contributed by atoms with Crippen LogP contribution in [-0.4, -0.2) is 63.9 Å². The van der Waals surface area contributed by atoms with E-state index in [0.717, 1.165) is 45.2 Å². The number of ketones is 1. The minimum Gasteiger partial charge on any atom is -0.353 e. The van der Waals surface area contributed by atoms with Crippen LogP contribution < -0.4 is 10.2 Å². The summed E-state index contributed by atoms with van der Waals surface area (Å²) in [4.78, 5) is 61.3. The number of pyridine rings is 2. The van der Waals surface area contributed by atoms with Crippen molar-refractivity contribution >= 4 is 57.4 Å². The average Bonchev–Trinajstić information content (AvgIpc) is 3.28. The molecule has 0 radical (unpaired) electrons. The van der Waals surface area contributed by atoms with E-state index in [4.69, 9.17) is 4.98 Å². The van der Waals surface area contributed by atoms with Gasteiger partial charge < -0.3 is 9.80 Å². The van der Waals surface area contributed by atoms with Gasteiger partial charge in [0.05, 0.1) is 10.4 Å². The highest BCUT2D eigenvalue weighted by atomic mass is 32.2. The van der Waals surface area contributed by atoms with Crippen LogP contribution in [0.3, 0.4) is 0 Å². The first-order valence-corrected chi connectivity index (χ1v) is 13.9. The second kappa shape index (κ2) is 11.8. The van der Waals surface area contributed by atoms with Crippen LogP contribution in [0.15, 0.2) is 65.8 Å². The summed E-state index contributed by atoms with van der Waals surface area (Å²) < 4.78 is 0. The van der Waals surface area contributed by atoms with Crippen molar-refractivity contribution in [3.8, 4) is 11.1 Å².